The lowest BCUT2D eigenvalue weighted by atomic mass is 10.1. The molecular weight excluding hydrogens is 713 g/mol. The average Bonchev–Trinajstić information content (AvgIpc) is 3.86. The molecule has 0 spiro atoms. The summed E-state index contributed by atoms with van der Waals surface area (Å²) in [6.45, 7) is 0. The van der Waals surface area contributed by atoms with E-state index < -0.39 is 0 Å². The monoisotopic (exact) mass is 744 g/mol. The first-order valence-corrected chi connectivity index (χ1v) is 19.5. The van der Waals surface area contributed by atoms with E-state index in [1.807, 2.05) is 79.1 Å². The van der Waals surface area contributed by atoms with Gasteiger partial charge >= 0.3 is 0 Å². The SMILES string of the molecule is C1=Cc2c(n(-c3ccccc3)c3c2ccc2c3c3ccncc3n2-c2ccc3oc4c(-c5nc(-c6ccccc6)nc(-c6ccccc6)n5)cccc4c3c2)C=CC1. The van der Waals surface area contributed by atoms with Gasteiger partial charge in [-0.25, -0.2) is 15.0 Å². The second-order valence-corrected chi connectivity index (χ2v) is 14.6. The molecule has 0 saturated carbocycles. The topological polar surface area (TPSA) is 74.6 Å². The van der Waals surface area contributed by atoms with Crippen LogP contribution in [0.2, 0.25) is 0 Å². The van der Waals surface area contributed by atoms with Crippen LogP contribution in [0.3, 0.4) is 0 Å². The van der Waals surface area contributed by atoms with Gasteiger partial charge in [0.25, 0.3) is 0 Å². The fourth-order valence-corrected chi connectivity index (χ4v) is 8.70. The van der Waals surface area contributed by atoms with E-state index in [1.54, 1.807) is 0 Å². The molecule has 5 heterocycles. The standard InChI is InChI=1S/C51H32N6O/c1-5-14-32(15-6-1)49-53-50(33-16-7-2-8-17-33)55-51(54-49)40-22-13-21-38-41-30-35(24-27-45(41)58-48(38)40)56-43-26-25-37-36-20-11-4-12-23-42(36)57(34-18-9-3-10-19-34)47(37)46(43)39-28-29-52-31-44(39)56/h1-3,5-31H,4H2. The van der Waals surface area contributed by atoms with Crippen LogP contribution in [-0.2, 0) is 0 Å². The first-order valence-electron chi connectivity index (χ1n) is 19.5. The molecule has 1 aliphatic carbocycles. The molecule has 272 valence electrons. The summed E-state index contributed by atoms with van der Waals surface area (Å²) >= 11 is 0. The maximum Gasteiger partial charge on any atom is 0.167 e. The van der Waals surface area contributed by atoms with Crippen LogP contribution in [0.5, 0.6) is 0 Å². The summed E-state index contributed by atoms with van der Waals surface area (Å²) in [7, 11) is 0. The molecule has 7 nitrogen and oxygen atoms in total. The molecular formula is C51H32N6O. The first kappa shape index (κ1) is 32.4. The molecule has 1 aliphatic rings. The van der Waals surface area contributed by atoms with E-state index in [4.69, 9.17) is 19.4 Å². The second kappa shape index (κ2) is 12.8. The normalized spacial score (nSPS) is 12.6. The minimum Gasteiger partial charge on any atom is -0.455 e. The van der Waals surface area contributed by atoms with Crippen molar-refractivity contribution in [1.82, 2.24) is 29.1 Å². The minimum atomic E-state index is 0.555. The van der Waals surface area contributed by atoms with Crippen molar-refractivity contribution in [2.24, 2.45) is 0 Å². The number of hydrogen-bond acceptors (Lipinski definition) is 5. The molecule has 7 heteroatoms. The Bertz CT molecular complexity index is 3410. The third-order valence-corrected chi connectivity index (χ3v) is 11.3. The molecule has 0 bridgehead atoms. The zero-order chi connectivity index (χ0) is 38.2. The molecule has 58 heavy (non-hydrogen) atoms. The molecule has 5 aromatic heterocycles. The number of benzene rings is 6. The Balaban J connectivity index is 1.08. The number of allylic oxidation sites excluding steroid dienone is 2. The van der Waals surface area contributed by atoms with Crippen molar-refractivity contribution in [2.75, 3.05) is 0 Å². The molecule has 0 radical (unpaired) electrons. The predicted octanol–water partition coefficient (Wildman–Crippen LogP) is 12.6. The number of rotatable bonds is 5. The van der Waals surface area contributed by atoms with Gasteiger partial charge in [-0.3, -0.25) is 4.98 Å². The summed E-state index contributed by atoms with van der Waals surface area (Å²) < 4.78 is 11.5. The van der Waals surface area contributed by atoms with Crippen molar-refractivity contribution in [2.45, 2.75) is 6.42 Å². The van der Waals surface area contributed by atoms with Gasteiger partial charge in [-0.2, -0.15) is 0 Å². The van der Waals surface area contributed by atoms with Crippen molar-refractivity contribution in [3.63, 3.8) is 0 Å². The Morgan fingerprint density at radius 2 is 1.24 bits per heavy atom. The molecule has 0 unspecified atom stereocenters. The van der Waals surface area contributed by atoms with Gasteiger partial charge in [0.15, 0.2) is 17.5 Å². The molecule has 0 saturated heterocycles. The largest absolute Gasteiger partial charge is 0.455 e. The van der Waals surface area contributed by atoms with Gasteiger partial charge in [-0.05, 0) is 61.0 Å². The summed E-state index contributed by atoms with van der Waals surface area (Å²) in [6, 6.07) is 50.1. The van der Waals surface area contributed by atoms with Crippen LogP contribution in [0.1, 0.15) is 17.7 Å². The average molecular weight is 745 g/mol. The van der Waals surface area contributed by atoms with Crippen LogP contribution < -0.4 is 0 Å². The summed E-state index contributed by atoms with van der Waals surface area (Å²) in [5.74, 6) is 1.77. The molecule has 0 amide bonds. The van der Waals surface area contributed by atoms with Crippen molar-refractivity contribution < 1.29 is 4.42 Å². The lowest BCUT2D eigenvalue weighted by Crippen LogP contribution is -2.00. The van der Waals surface area contributed by atoms with Gasteiger partial charge in [-0.1, -0.05) is 115 Å². The van der Waals surface area contributed by atoms with Crippen molar-refractivity contribution in [1.29, 1.82) is 0 Å². The Morgan fingerprint density at radius 1 is 0.517 bits per heavy atom. The Labute approximate surface area is 332 Å². The number of furan rings is 1. The number of nitrogens with zero attached hydrogens (tertiary/aromatic N) is 6. The highest BCUT2D eigenvalue weighted by atomic mass is 16.3. The molecule has 6 aromatic carbocycles. The zero-order valence-corrected chi connectivity index (χ0v) is 31.1. The van der Waals surface area contributed by atoms with Crippen LogP contribution in [0.15, 0.2) is 175 Å². The van der Waals surface area contributed by atoms with Crippen molar-refractivity contribution in [3.05, 3.63) is 181 Å². The Kier molecular flexibility index (Phi) is 7.16. The summed E-state index contributed by atoms with van der Waals surface area (Å²) in [5.41, 5.74) is 12.0. The molecule has 0 atom stereocenters. The predicted molar refractivity (Wildman–Crippen MR) is 235 cm³/mol. The summed E-state index contributed by atoms with van der Waals surface area (Å²) in [6.07, 6.45) is 13.8. The third-order valence-electron chi connectivity index (χ3n) is 11.3. The van der Waals surface area contributed by atoms with Gasteiger partial charge in [0.05, 0.1) is 34.0 Å². The van der Waals surface area contributed by atoms with Crippen LogP contribution in [0.25, 0.3) is 112 Å². The first-order chi connectivity index (χ1) is 28.8. The minimum absolute atomic E-state index is 0.555. The molecule has 12 rings (SSSR count). The highest BCUT2D eigenvalue weighted by Crippen LogP contribution is 2.43. The summed E-state index contributed by atoms with van der Waals surface area (Å²) in [4.78, 5) is 19.6. The molecule has 0 fully saturated rings. The maximum absolute atomic E-state index is 6.72. The van der Waals surface area contributed by atoms with Crippen LogP contribution in [-0.4, -0.2) is 29.1 Å². The van der Waals surface area contributed by atoms with E-state index >= 15 is 0 Å². The lowest BCUT2D eigenvalue weighted by Gasteiger charge is -2.11. The fraction of sp³-hybridized carbons (Fsp3) is 0.0196. The number of aromatic nitrogens is 6. The number of fused-ring (bicyclic) bond motifs is 10. The van der Waals surface area contributed by atoms with Gasteiger partial charge in [0.2, 0.25) is 0 Å². The zero-order valence-electron chi connectivity index (χ0n) is 31.1. The van der Waals surface area contributed by atoms with Crippen LogP contribution in [0.4, 0.5) is 0 Å². The maximum atomic E-state index is 6.72. The van der Waals surface area contributed by atoms with E-state index in [2.05, 4.69) is 117 Å². The van der Waals surface area contributed by atoms with Crippen LogP contribution in [0, 0.1) is 0 Å². The summed E-state index contributed by atoms with van der Waals surface area (Å²) in [5, 5.41) is 5.54. The second-order valence-electron chi connectivity index (χ2n) is 14.6. The highest BCUT2D eigenvalue weighted by molar-refractivity contribution is 6.22. The Hall–Kier alpha value is -7.90. The highest BCUT2D eigenvalue weighted by Gasteiger charge is 2.24. The molecule has 0 aliphatic heterocycles. The van der Waals surface area contributed by atoms with Gasteiger partial charge in [0.1, 0.15) is 11.2 Å². The van der Waals surface area contributed by atoms with E-state index in [9.17, 15) is 0 Å². The smallest absolute Gasteiger partial charge is 0.167 e. The lowest BCUT2D eigenvalue weighted by molar-refractivity contribution is 0.669. The fourth-order valence-electron chi connectivity index (χ4n) is 8.70. The van der Waals surface area contributed by atoms with Gasteiger partial charge in [0, 0.05) is 61.2 Å². The van der Waals surface area contributed by atoms with Gasteiger partial charge < -0.3 is 13.6 Å². The van der Waals surface area contributed by atoms with E-state index in [0.717, 1.165) is 72.8 Å². The quantitative estimate of drug-likeness (QED) is 0.175. The Morgan fingerprint density at radius 3 is 2.02 bits per heavy atom. The van der Waals surface area contributed by atoms with Crippen LogP contribution >= 0.6 is 0 Å². The van der Waals surface area contributed by atoms with Crippen molar-refractivity contribution >= 4 is 66.8 Å². The van der Waals surface area contributed by atoms with Gasteiger partial charge in [-0.15, -0.1) is 0 Å². The number of pyridine rings is 1. The van der Waals surface area contributed by atoms with Crippen molar-refractivity contribution in [3.8, 4) is 45.5 Å². The number of para-hydroxylation sites is 2. The van der Waals surface area contributed by atoms with E-state index in [0.29, 0.717) is 17.5 Å². The number of hydrogen-bond donors (Lipinski definition) is 0. The molecule has 0 N–H and O–H groups in total. The third kappa shape index (κ3) is 4.93. The van der Waals surface area contributed by atoms with E-state index in [-0.39, 0.29) is 0 Å². The molecule has 11 aromatic rings. The van der Waals surface area contributed by atoms with E-state index in [1.165, 1.54) is 27.5 Å².